The first-order valence-electron chi connectivity index (χ1n) is 7.37. The normalized spacial score (nSPS) is 20.1. The maximum Gasteiger partial charge on any atom is 0.234 e. The molecule has 5 nitrogen and oxygen atoms in total. The molecule has 1 fully saturated rings. The summed E-state index contributed by atoms with van der Waals surface area (Å²) in [5, 5.41) is 6.15. The lowest BCUT2D eigenvalue weighted by molar-refractivity contribution is -0.122. The molecule has 1 amide bonds. The van der Waals surface area contributed by atoms with Crippen LogP contribution in [0.1, 0.15) is 26.7 Å². The van der Waals surface area contributed by atoms with Gasteiger partial charge in [-0.1, -0.05) is 0 Å². The number of carbonyl (C=O) groups is 1. The van der Waals surface area contributed by atoms with Crippen molar-refractivity contribution in [3.63, 3.8) is 0 Å². The van der Waals surface area contributed by atoms with Crippen molar-refractivity contribution in [1.82, 2.24) is 15.5 Å². The van der Waals surface area contributed by atoms with Gasteiger partial charge in [0.1, 0.15) is 0 Å². The van der Waals surface area contributed by atoms with Crippen LogP contribution in [0.25, 0.3) is 0 Å². The molecule has 1 unspecified atom stereocenters. The molecule has 112 valence electrons. The summed E-state index contributed by atoms with van der Waals surface area (Å²) in [5.74, 6) is 0.826. The third-order valence-corrected chi connectivity index (χ3v) is 3.32. The number of likely N-dealkylation sites (tertiary alicyclic amines) is 1. The van der Waals surface area contributed by atoms with Crippen LogP contribution in [0.2, 0.25) is 0 Å². The highest BCUT2D eigenvalue weighted by molar-refractivity contribution is 5.78. The van der Waals surface area contributed by atoms with Crippen LogP contribution < -0.4 is 10.6 Å². The van der Waals surface area contributed by atoms with E-state index in [0.717, 1.165) is 26.1 Å². The van der Waals surface area contributed by atoms with Crippen LogP contribution in [-0.2, 0) is 9.53 Å². The van der Waals surface area contributed by atoms with Gasteiger partial charge >= 0.3 is 0 Å². The lowest BCUT2D eigenvalue weighted by atomic mass is 10.1. The maximum atomic E-state index is 11.8. The lowest BCUT2D eigenvalue weighted by Gasteiger charge is -2.15. The molecule has 0 spiro atoms. The Balaban J connectivity index is 2.02. The zero-order chi connectivity index (χ0) is 14.1. The van der Waals surface area contributed by atoms with Crippen LogP contribution in [0.5, 0.6) is 0 Å². The van der Waals surface area contributed by atoms with Gasteiger partial charge in [-0.2, -0.15) is 0 Å². The number of hydrogen-bond donors (Lipinski definition) is 2. The van der Waals surface area contributed by atoms with E-state index in [1.165, 1.54) is 6.42 Å². The van der Waals surface area contributed by atoms with Crippen LogP contribution in [0, 0.1) is 5.92 Å². The predicted octanol–water partition coefficient (Wildman–Crippen LogP) is 0.459. The summed E-state index contributed by atoms with van der Waals surface area (Å²) in [7, 11) is 1.98. The third-order valence-electron chi connectivity index (χ3n) is 3.32. The van der Waals surface area contributed by atoms with Gasteiger partial charge in [-0.3, -0.25) is 9.69 Å². The van der Waals surface area contributed by atoms with Gasteiger partial charge < -0.3 is 15.4 Å². The molecule has 0 saturated carbocycles. The molecule has 1 rings (SSSR count). The van der Waals surface area contributed by atoms with Crippen molar-refractivity contribution in [2.24, 2.45) is 5.92 Å². The molecule has 0 bridgehead atoms. The van der Waals surface area contributed by atoms with Crippen LogP contribution in [-0.4, -0.2) is 63.3 Å². The van der Waals surface area contributed by atoms with E-state index in [-0.39, 0.29) is 12.0 Å². The smallest absolute Gasteiger partial charge is 0.234 e. The first-order valence-corrected chi connectivity index (χ1v) is 7.37. The zero-order valence-corrected chi connectivity index (χ0v) is 12.6. The van der Waals surface area contributed by atoms with Crippen molar-refractivity contribution >= 4 is 5.91 Å². The molecular weight excluding hydrogens is 242 g/mol. The first-order chi connectivity index (χ1) is 9.11. The molecular formula is C14H29N3O2. The SMILES string of the molecule is CNCC1CCN(CC(=O)NCCCOC(C)C)C1. The molecule has 0 aromatic carbocycles. The summed E-state index contributed by atoms with van der Waals surface area (Å²) in [5.41, 5.74) is 0. The summed E-state index contributed by atoms with van der Waals surface area (Å²) in [4.78, 5) is 14.0. The summed E-state index contributed by atoms with van der Waals surface area (Å²) < 4.78 is 5.43. The minimum Gasteiger partial charge on any atom is -0.379 e. The van der Waals surface area contributed by atoms with Crippen LogP contribution in [0.4, 0.5) is 0 Å². The lowest BCUT2D eigenvalue weighted by Crippen LogP contribution is -2.37. The van der Waals surface area contributed by atoms with Gasteiger partial charge in [0.25, 0.3) is 0 Å². The fraction of sp³-hybridized carbons (Fsp3) is 0.929. The van der Waals surface area contributed by atoms with Crippen molar-refractivity contribution in [2.75, 3.05) is 46.4 Å². The second kappa shape index (κ2) is 9.28. The highest BCUT2D eigenvalue weighted by Gasteiger charge is 2.23. The molecule has 19 heavy (non-hydrogen) atoms. The highest BCUT2D eigenvalue weighted by Crippen LogP contribution is 2.14. The molecule has 0 aliphatic carbocycles. The molecule has 1 aliphatic rings. The number of hydrogen-bond acceptors (Lipinski definition) is 4. The van der Waals surface area contributed by atoms with Crippen molar-refractivity contribution in [3.8, 4) is 0 Å². The van der Waals surface area contributed by atoms with Crippen molar-refractivity contribution < 1.29 is 9.53 Å². The van der Waals surface area contributed by atoms with Gasteiger partial charge in [-0.05, 0) is 52.7 Å². The molecule has 5 heteroatoms. The second-order valence-electron chi connectivity index (χ2n) is 5.57. The van der Waals surface area contributed by atoms with E-state index < -0.39 is 0 Å². The second-order valence-corrected chi connectivity index (χ2v) is 5.57. The number of ether oxygens (including phenoxy) is 1. The predicted molar refractivity (Wildman–Crippen MR) is 77.2 cm³/mol. The fourth-order valence-electron chi connectivity index (χ4n) is 2.39. The largest absolute Gasteiger partial charge is 0.379 e. The van der Waals surface area contributed by atoms with Crippen molar-refractivity contribution in [3.05, 3.63) is 0 Å². The van der Waals surface area contributed by atoms with E-state index >= 15 is 0 Å². The fourth-order valence-corrected chi connectivity index (χ4v) is 2.39. The van der Waals surface area contributed by atoms with E-state index in [0.29, 0.717) is 25.6 Å². The van der Waals surface area contributed by atoms with Crippen LogP contribution in [0.15, 0.2) is 0 Å². The molecule has 1 aliphatic heterocycles. The topological polar surface area (TPSA) is 53.6 Å². The molecule has 1 heterocycles. The first kappa shape index (κ1) is 16.4. The standard InChI is InChI=1S/C14H29N3O2/c1-12(2)19-8-4-6-16-14(18)11-17-7-5-13(10-17)9-15-3/h12-13,15H,4-11H2,1-3H3,(H,16,18). The van der Waals surface area contributed by atoms with Crippen molar-refractivity contribution in [2.45, 2.75) is 32.8 Å². The Morgan fingerprint density at radius 2 is 2.26 bits per heavy atom. The quantitative estimate of drug-likeness (QED) is 0.598. The van der Waals surface area contributed by atoms with E-state index in [1.54, 1.807) is 0 Å². The number of nitrogens with zero attached hydrogens (tertiary/aromatic N) is 1. The van der Waals surface area contributed by atoms with Gasteiger partial charge in [-0.25, -0.2) is 0 Å². The Labute approximate surface area is 117 Å². The Kier molecular flexibility index (Phi) is 8.02. The molecule has 1 atom stereocenters. The minimum absolute atomic E-state index is 0.134. The van der Waals surface area contributed by atoms with Gasteiger partial charge in [0.05, 0.1) is 12.6 Å². The number of nitrogens with one attached hydrogen (secondary N) is 2. The molecule has 0 radical (unpaired) electrons. The summed E-state index contributed by atoms with van der Waals surface area (Å²) >= 11 is 0. The Morgan fingerprint density at radius 1 is 1.47 bits per heavy atom. The van der Waals surface area contributed by atoms with E-state index in [4.69, 9.17) is 4.74 Å². The summed E-state index contributed by atoms with van der Waals surface area (Å²) in [6.07, 6.45) is 2.34. The number of rotatable bonds is 9. The van der Waals surface area contributed by atoms with Gasteiger partial charge in [-0.15, -0.1) is 0 Å². The monoisotopic (exact) mass is 271 g/mol. The Hall–Kier alpha value is -0.650. The van der Waals surface area contributed by atoms with Crippen LogP contribution >= 0.6 is 0 Å². The molecule has 0 aromatic rings. The van der Waals surface area contributed by atoms with Gasteiger partial charge in [0.2, 0.25) is 5.91 Å². The highest BCUT2D eigenvalue weighted by atomic mass is 16.5. The third kappa shape index (κ3) is 7.50. The maximum absolute atomic E-state index is 11.8. The van der Waals surface area contributed by atoms with E-state index in [9.17, 15) is 4.79 Å². The molecule has 2 N–H and O–H groups in total. The Morgan fingerprint density at radius 3 is 2.95 bits per heavy atom. The Bertz CT molecular complexity index is 259. The average Bonchev–Trinajstić information content (AvgIpc) is 2.76. The van der Waals surface area contributed by atoms with E-state index in [1.807, 2.05) is 20.9 Å². The average molecular weight is 271 g/mol. The van der Waals surface area contributed by atoms with E-state index in [2.05, 4.69) is 15.5 Å². The summed E-state index contributed by atoms with van der Waals surface area (Å²) in [6, 6.07) is 0. The summed E-state index contributed by atoms with van der Waals surface area (Å²) in [6.45, 7) is 9.11. The molecule has 0 aromatic heterocycles. The molecule has 1 saturated heterocycles. The van der Waals surface area contributed by atoms with Crippen molar-refractivity contribution in [1.29, 1.82) is 0 Å². The van der Waals surface area contributed by atoms with Gasteiger partial charge in [0, 0.05) is 19.7 Å². The van der Waals surface area contributed by atoms with Gasteiger partial charge in [0.15, 0.2) is 0 Å². The number of carbonyl (C=O) groups excluding carboxylic acids is 1. The van der Waals surface area contributed by atoms with Crippen LogP contribution in [0.3, 0.4) is 0 Å². The zero-order valence-electron chi connectivity index (χ0n) is 12.6. The number of amides is 1. The minimum atomic E-state index is 0.134.